The van der Waals surface area contributed by atoms with E-state index in [9.17, 15) is 10.1 Å². The van der Waals surface area contributed by atoms with Crippen molar-refractivity contribution in [3.8, 4) is 11.8 Å². The van der Waals surface area contributed by atoms with Crippen LogP contribution in [-0.4, -0.2) is 18.0 Å². The average molecular weight is 404 g/mol. The summed E-state index contributed by atoms with van der Waals surface area (Å²) in [5.74, 6) is 0.899. The molecule has 0 radical (unpaired) electrons. The molecule has 5 heteroatoms. The van der Waals surface area contributed by atoms with Gasteiger partial charge < -0.3 is 15.0 Å². The first-order valence-corrected chi connectivity index (χ1v) is 10.6. The minimum atomic E-state index is -0.105. The molecule has 3 rings (SSSR count). The van der Waals surface area contributed by atoms with Crippen molar-refractivity contribution in [1.82, 2.24) is 10.3 Å². The third-order valence-electron chi connectivity index (χ3n) is 5.63. The highest BCUT2D eigenvalue weighted by Gasteiger charge is 2.18. The van der Waals surface area contributed by atoms with E-state index in [-0.39, 0.29) is 6.04 Å². The van der Waals surface area contributed by atoms with Crippen LogP contribution in [0.15, 0.2) is 36.5 Å². The molecular formula is C25H29N3O2. The van der Waals surface area contributed by atoms with Crippen LogP contribution in [0, 0.1) is 11.3 Å². The van der Waals surface area contributed by atoms with E-state index in [0.717, 1.165) is 59.9 Å². The summed E-state index contributed by atoms with van der Waals surface area (Å²) in [6.07, 6.45) is 6.11. The maximum Gasteiger partial charge on any atom is 0.207 e. The third-order valence-corrected chi connectivity index (χ3v) is 5.63. The summed E-state index contributed by atoms with van der Waals surface area (Å²) in [7, 11) is 0. The number of nitrogens with zero attached hydrogens (tertiary/aromatic N) is 1. The summed E-state index contributed by atoms with van der Waals surface area (Å²) in [6, 6.07) is 12.1. The number of H-pyrrole nitrogens is 1. The molecule has 0 spiro atoms. The summed E-state index contributed by atoms with van der Waals surface area (Å²) in [5.41, 5.74) is 6.36. The largest absolute Gasteiger partial charge is 0.494 e. The summed E-state index contributed by atoms with van der Waals surface area (Å²) >= 11 is 0. The molecule has 0 aliphatic carbocycles. The number of carbonyl (C=O) groups excluding carboxylic acids is 1. The Bertz CT molecular complexity index is 1060. The van der Waals surface area contributed by atoms with Gasteiger partial charge in [-0.1, -0.05) is 19.9 Å². The number of fused-ring (bicyclic) bond motifs is 1. The predicted octanol–water partition coefficient (Wildman–Crippen LogP) is 4.98. The van der Waals surface area contributed by atoms with E-state index in [2.05, 4.69) is 42.4 Å². The monoisotopic (exact) mass is 403 g/mol. The number of aromatic amines is 1. The molecule has 2 N–H and O–H groups in total. The molecule has 5 nitrogen and oxygen atoms in total. The lowest BCUT2D eigenvalue weighted by Gasteiger charge is -2.22. The second kappa shape index (κ2) is 9.98. The van der Waals surface area contributed by atoms with Crippen LogP contribution in [0.3, 0.4) is 0 Å². The second-order valence-electron chi connectivity index (χ2n) is 7.36. The molecule has 1 unspecified atom stereocenters. The Morgan fingerprint density at radius 1 is 1.13 bits per heavy atom. The molecule has 0 aliphatic heterocycles. The normalized spacial score (nSPS) is 11.8. The van der Waals surface area contributed by atoms with E-state index < -0.39 is 0 Å². The van der Waals surface area contributed by atoms with Crippen LogP contribution >= 0.6 is 0 Å². The standard InChI is InChI=1S/C25H29N3O2/c1-4-18-12-19(5-2)25(30-6-3)13-22(18)24(28-16-29)10-8-20-15-27-23-9-7-17(14-26)11-21(20)23/h7,9,11-13,15-16,24,27H,4-6,8,10H2,1-3H3,(H,28,29). The number of ether oxygens (including phenoxy) is 1. The van der Waals surface area contributed by atoms with Crippen molar-refractivity contribution >= 4 is 17.3 Å². The first-order chi connectivity index (χ1) is 14.6. The summed E-state index contributed by atoms with van der Waals surface area (Å²) in [4.78, 5) is 14.7. The number of benzene rings is 2. The zero-order valence-corrected chi connectivity index (χ0v) is 17.9. The van der Waals surface area contributed by atoms with Crippen molar-refractivity contribution < 1.29 is 9.53 Å². The molecule has 2 aromatic carbocycles. The second-order valence-corrected chi connectivity index (χ2v) is 7.36. The minimum Gasteiger partial charge on any atom is -0.494 e. The van der Waals surface area contributed by atoms with Gasteiger partial charge in [-0.05, 0) is 79.1 Å². The van der Waals surface area contributed by atoms with E-state index in [4.69, 9.17) is 4.74 Å². The van der Waals surface area contributed by atoms with Crippen LogP contribution < -0.4 is 10.1 Å². The van der Waals surface area contributed by atoms with Crippen LogP contribution in [0.4, 0.5) is 0 Å². The Kier molecular flexibility index (Phi) is 7.13. The van der Waals surface area contributed by atoms with Crippen molar-refractivity contribution in [2.45, 2.75) is 52.5 Å². The Morgan fingerprint density at radius 2 is 1.93 bits per heavy atom. The lowest BCUT2D eigenvalue weighted by atomic mass is 9.91. The van der Waals surface area contributed by atoms with E-state index in [1.807, 2.05) is 31.3 Å². The topological polar surface area (TPSA) is 77.9 Å². The maximum atomic E-state index is 11.4. The third kappa shape index (κ3) is 4.49. The van der Waals surface area contributed by atoms with E-state index >= 15 is 0 Å². The van der Waals surface area contributed by atoms with Gasteiger partial charge in [0.1, 0.15) is 5.75 Å². The number of aryl methyl sites for hydroxylation is 3. The van der Waals surface area contributed by atoms with Crippen molar-refractivity contribution in [1.29, 1.82) is 5.26 Å². The number of hydrogen-bond donors (Lipinski definition) is 2. The zero-order chi connectivity index (χ0) is 21.5. The highest BCUT2D eigenvalue weighted by atomic mass is 16.5. The van der Waals surface area contributed by atoms with Gasteiger partial charge in [0.2, 0.25) is 6.41 Å². The van der Waals surface area contributed by atoms with Gasteiger partial charge in [0, 0.05) is 17.1 Å². The number of carbonyl (C=O) groups is 1. The maximum absolute atomic E-state index is 11.4. The van der Waals surface area contributed by atoms with Gasteiger partial charge in [0.05, 0.1) is 24.3 Å². The van der Waals surface area contributed by atoms with Gasteiger partial charge >= 0.3 is 0 Å². The number of nitrogens with one attached hydrogen (secondary N) is 2. The quantitative estimate of drug-likeness (QED) is 0.469. The van der Waals surface area contributed by atoms with E-state index in [1.165, 1.54) is 11.1 Å². The van der Waals surface area contributed by atoms with E-state index in [1.54, 1.807) is 0 Å². The van der Waals surface area contributed by atoms with Crippen molar-refractivity contribution in [2.75, 3.05) is 6.61 Å². The molecule has 0 saturated heterocycles. The molecule has 156 valence electrons. The number of nitriles is 1. The van der Waals surface area contributed by atoms with Crippen LogP contribution in [0.5, 0.6) is 5.75 Å². The molecule has 3 aromatic rings. The lowest BCUT2D eigenvalue weighted by Crippen LogP contribution is -2.22. The fourth-order valence-electron chi connectivity index (χ4n) is 4.05. The molecule has 0 bridgehead atoms. The number of aromatic nitrogens is 1. The Balaban J connectivity index is 1.92. The highest BCUT2D eigenvalue weighted by Crippen LogP contribution is 2.32. The van der Waals surface area contributed by atoms with Crippen LogP contribution in [0.2, 0.25) is 0 Å². The first-order valence-electron chi connectivity index (χ1n) is 10.6. The van der Waals surface area contributed by atoms with Crippen molar-refractivity contribution in [3.63, 3.8) is 0 Å². The first kappa shape index (κ1) is 21.4. The summed E-state index contributed by atoms with van der Waals surface area (Å²) in [5, 5.41) is 13.3. The Labute approximate surface area is 178 Å². The summed E-state index contributed by atoms with van der Waals surface area (Å²) in [6.45, 7) is 6.87. The molecule has 0 fully saturated rings. The van der Waals surface area contributed by atoms with Gasteiger partial charge in [-0.3, -0.25) is 4.79 Å². The lowest BCUT2D eigenvalue weighted by molar-refractivity contribution is -0.110. The molecular weight excluding hydrogens is 374 g/mol. The smallest absolute Gasteiger partial charge is 0.207 e. The fraction of sp³-hybridized carbons (Fsp3) is 0.360. The SMILES string of the molecule is CCOc1cc(C(CCc2c[nH]c3ccc(C#N)cc23)NC=O)c(CC)cc1CC. The zero-order valence-electron chi connectivity index (χ0n) is 17.9. The van der Waals surface area contributed by atoms with Crippen LogP contribution in [0.1, 0.15) is 61.1 Å². The van der Waals surface area contributed by atoms with Crippen molar-refractivity contribution in [3.05, 3.63) is 64.3 Å². The van der Waals surface area contributed by atoms with Crippen molar-refractivity contribution in [2.24, 2.45) is 0 Å². The van der Waals surface area contributed by atoms with Gasteiger partial charge in [-0.15, -0.1) is 0 Å². The average Bonchev–Trinajstić information content (AvgIpc) is 3.18. The van der Waals surface area contributed by atoms with Gasteiger partial charge in [-0.2, -0.15) is 5.26 Å². The number of amides is 1. The van der Waals surface area contributed by atoms with Gasteiger partial charge in [0.25, 0.3) is 0 Å². The molecule has 1 amide bonds. The highest BCUT2D eigenvalue weighted by molar-refractivity contribution is 5.84. The molecule has 1 aromatic heterocycles. The molecule has 1 heterocycles. The fourth-order valence-corrected chi connectivity index (χ4v) is 4.05. The Morgan fingerprint density at radius 3 is 2.60 bits per heavy atom. The van der Waals surface area contributed by atoms with Crippen LogP contribution in [-0.2, 0) is 24.1 Å². The Hall–Kier alpha value is -3.26. The van der Waals surface area contributed by atoms with Crippen LogP contribution in [0.25, 0.3) is 10.9 Å². The molecule has 30 heavy (non-hydrogen) atoms. The molecule has 1 atom stereocenters. The van der Waals surface area contributed by atoms with Gasteiger partial charge in [0.15, 0.2) is 0 Å². The van der Waals surface area contributed by atoms with Gasteiger partial charge in [-0.25, -0.2) is 0 Å². The minimum absolute atomic E-state index is 0.105. The predicted molar refractivity (Wildman–Crippen MR) is 120 cm³/mol. The van der Waals surface area contributed by atoms with E-state index in [0.29, 0.717) is 12.2 Å². The number of rotatable bonds is 10. The molecule has 0 saturated carbocycles. The molecule has 0 aliphatic rings. The number of hydrogen-bond acceptors (Lipinski definition) is 3. The summed E-state index contributed by atoms with van der Waals surface area (Å²) < 4.78 is 5.88.